The molecule has 1 aromatic rings. The molecule has 0 amide bonds. The van der Waals surface area contributed by atoms with Crippen LogP contribution in [0.25, 0.3) is 0 Å². The monoisotopic (exact) mass is 265 g/mol. The van der Waals surface area contributed by atoms with E-state index in [4.69, 9.17) is 10.6 Å². The molecule has 106 valence electrons. The van der Waals surface area contributed by atoms with Gasteiger partial charge in [0.1, 0.15) is 6.33 Å². The van der Waals surface area contributed by atoms with Gasteiger partial charge in [0.15, 0.2) is 0 Å². The summed E-state index contributed by atoms with van der Waals surface area (Å²) in [5.41, 5.74) is 3.88. The van der Waals surface area contributed by atoms with Gasteiger partial charge in [-0.25, -0.2) is 9.97 Å². The quantitative estimate of drug-likeness (QED) is 0.596. The Kier molecular flexibility index (Phi) is 4.81. The van der Waals surface area contributed by atoms with E-state index < -0.39 is 0 Å². The van der Waals surface area contributed by atoms with E-state index in [-0.39, 0.29) is 11.6 Å². The highest BCUT2D eigenvalue weighted by atomic mass is 16.5. The van der Waals surface area contributed by atoms with Crippen LogP contribution in [0, 0.1) is 0 Å². The van der Waals surface area contributed by atoms with E-state index in [0.717, 1.165) is 38.3 Å². The van der Waals surface area contributed by atoms with Crippen LogP contribution in [-0.2, 0) is 4.74 Å². The Morgan fingerprint density at radius 3 is 2.58 bits per heavy atom. The van der Waals surface area contributed by atoms with Crippen LogP contribution in [0.2, 0.25) is 0 Å². The van der Waals surface area contributed by atoms with Crippen LogP contribution in [0.3, 0.4) is 0 Å². The van der Waals surface area contributed by atoms with Crippen LogP contribution in [0.5, 0.6) is 0 Å². The zero-order valence-electron chi connectivity index (χ0n) is 11.7. The van der Waals surface area contributed by atoms with Crippen LogP contribution < -0.4 is 11.3 Å². The van der Waals surface area contributed by atoms with Crippen molar-refractivity contribution < 1.29 is 4.74 Å². The summed E-state index contributed by atoms with van der Waals surface area (Å²) in [5.74, 6) is 5.81. The van der Waals surface area contributed by atoms with Crippen LogP contribution in [0.4, 0.5) is 0 Å². The third-order valence-electron chi connectivity index (χ3n) is 4.15. The Morgan fingerprint density at radius 2 is 2.05 bits per heavy atom. The second kappa shape index (κ2) is 6.38. The molecular formula is C13H23N5O. The first kappa shape index (κ1) is 14.3. The van der Waals surface area contributed by atoms with Gasteiger partial charge in [-0.2, -0.15) is 0 Å². The third kappa shape index (κ3) is 2.92. The minimum atomic E-state index is -0.0801. The molecule has 2 heterocycles. The van der Waals surface area contributed by atoms with Gasteiger partial charge in [0.25, 0.3) is 0 Å². The van der Waals surface area contributed by atoms with E-state index in [1.807, 2.05) is 12.4 Å². The van der Waals surface area contributed by atoms with E-state index in [1.54, 1.807) is 0 Å². The molecular weight excluding hydrogens is 242 g/mol. The van der Waals surface area contributed by atoms with Gasteiger partial charge >= 0.3 is 0 Å². The van der Waals surface area contributed by atoms with E-state index in [9.17, 15) is 0 Å². The molecule has 6 heteroatoms. The maximum absolute atomic E-state index is 5.81. The number of nitrogens with zero attached hydrogens (tertiary/aromatic N) is 3. The van der Waals surface area contributed by atoms with Crippen molar-refractivity contribution in [2.45, 2.75) is 31.8 Å². The van der Waals surface area contributed by atoms with Crippen LogP contribution >= 0.6 is 0 Å². The number of ether oxygens (including phenoxy) is 1. The van der Waals surface area contributed by atoms with Crippen molar-refractivity contribution >= 4 is 0 Å². The second-order valence-electron chi connectivity index (χ2n) is 5.08. The normalized spacial score (nSPS) is 21.8. The zero-order chi connectivity index (χ0) is 13.7. The highest BCUT2D eigenvalue weighted by molar-refractivity contribution is 5.16. The lowest BCUT2D eigenvalue weighted by molar-refractivity contribution is -0.0330. The minimum Gasteiger partial charge on any atom is -0.379 e. The number of hydrogen-bond acceptors (Lipinski definition) is 6. The van der Waals surface area contributed by atoms with Crippen molar-refractivity contribution in [1.29, 1.82) is 0 Å². The van der Waals surface area contributed by atoms with Gasteiger partial charge in [0, 0.05) is 36.6 Å². The molecule has 2 atom stereocenters. The molecule has 0 bridgehead atoms. The van der Waals surface area contributed by atoms with Gasteiger partial charge in [-0.3, -0.25) is 16.2 Å². The number of hydrogen-bond donors (Lipinski definition) is 2. The molecule has 1 aliphatic heterocycles. The smallest absolute Gasteiger partial charge is 0.115 e. The van der Waals surface area contributed by atoms with Gasteiger partial charge in [0.2, 0.25) is 0 Å². The molecule has 1 aliphatic rings. The molecule has 0 saturated carbocycles. The fourth-order valence-corrected chi connectivity index (χ4v) is 2.78. The lowest BCUT2D eigenvalue weighted by Crippen LogP contribution is -2.58. The minimum absolute atomic E-state index is 0.00296. The fourth-order valence-electron chi connectivity index (χ4n) is 2.78. The van der Waals surface area contributed by atoms with Crippen molar-refractivity contribution in [1.82, 2.24) is 20.3 Å². The number of aromatic nitrogens is 2. The van der Waals surface area contributed by atoms with Gasteiger partial charge in [-0.05, 0) is 13.3 Å². The number of morpholine rings is 1. The highest BCUT2D eigenvalue weighted by Crippen LogP contribution is 2.33. The summed E-state index contributed by atoms with van der Waals surface area (Å²) < 4.78 is 5.44. The number of hydrazine groups is 1. The third-order valence-corrected chi connectivity index (χ3v) is 4.15. The van der Waals surface area contributed by atoms with E-state index in [2.05, 4.69) is 34.1 Å². The first-order valence-electron chi connectivity index (χ1n) is 6.76. The molecule has 1 aromatic heterocycles. The van der Waals surface area contributed by atoms with Crippen molar-refractivity contribution in [3.05, 3.63) is 24.3 Å². The van der Waals surface area contributed by atoms with Gasteiger partial charge in [0.05, 0.1) is 19.3 Å². The fraction of sp³-hybridized carbons (Fsp3) is 0.692. The summed E-state index contributed by atoms with van der Waals surface area (Å²) in [6.45, 7) is 7.82. The van der Waals surface area contributed by atoms with E-state index >= 15 is 0 Å². The van der Waals surface area contributed by atoms with E-state index in [1.165, 1.54) is 6.33 Å². The molecule has 0 aliphatic carbocycles. The molecule has 19 heavy (non-hydrogen) atoms. The second-order valence-corrected chi connectivity index (χ2v) is 5.08. The zero-order valence-corrected chi connectivity index (χ0v) is 11.7. The molecule has 6 nitrogen and oxygen atoms in total. The van der Waals surface area contributed by atoms with Crippen molar-refractivity contribution in [2.24, 2.45) is 5.84 Å². The number of rotatable bonds is 5. The Morgan fingerprint density at radius 1 is 1.42 bits per heavy atom. The SMILES string of the molecule is CCC(C)(C(NN)c1cncnc1)N1CCOCC1. The summed E-state index contributed by atoms with van der Waals surface area (Å²) in [7, 11) is 0. The van der Waals surface area contributed by atoms with Crippen molar-refractivity contribution in [3.8, 4) is 0 Å². The standard InChI is InChI=1S/C13H23N5O/c1-3-13(2,18-4-6-19-7-5-18)12(17-14)11-8-15-10-16-9-11/h8-10,12,17H,3-7,14H2,1-2H3. The Labute approximate surface area is 114 Å². The van der Waals surface area contributed by atoms with Gasteiger partial charge in [-0.15, -0.1) is 0 Å². The van der Waals surface area contributed by atoms with Crippen LogP contribution in [-0.4, -0.2) is 46.7 Å². The Bertz CT molecular complexity index is 382. The van der Waals surface area contributed by atoms with Crippen LogP contribution in [0.15, 0.2) is 18.7 Å². The molecule has 2 rings (SSSR count). The summed E-state index contributed by atoms with van der Waals surface area (Å²) >= 11 is 0. The van der Waals surface area contributed by atoms with Crippen molar-refractivity contribution in [3.63, 3.8) is 0 Å². The first-order chi connectivity index (χ1) is 9.22. The predicted octanol–water partition coefficient (Wildman–Crippen LogP) is 0.482. The van der Waals surface area contributed by atoms with E-state index in [0.29, 0.717) is 0 Å². The molecule has 0 radical (unpaired) electrons. The molecule has 1 saturated heterocycles. The molecule has 0 spiro atoms. The summed E-state index contributed by atoms with van der Waals surface area (Å²) in [6.07, 6.45) is 6.17. The molecule has 3 N–H and O–H groups in total. The number of nitrogens with two attached hydrogens (primary N) is 1. The highest BCUT2D eigenvalue weighted by Gasteiger charge is 2.39. The summed E-state index contributed by atoms with van der Waals surface area (Å²) in [6, 6.07) is -0.00296. The van der Waals surface area contributed by atoms with Gasteiger partial charge in [-0.1, -0.05) is 6.92 Å². The molecule has 2 unspecified atom stereocenters. The number of nitrogens with one attached hydrogen (secondary N) is 1. The maximum atomic E-state index is 5.81. The van der Waals surface area contributed by atoms with Crippen LogP contribution in [0.1, 0.15) is 31.9 Å². The maximum Gasteiger partial charge on any atom is 0.115 e. The first-order valence-corrected chi connectivity index (χ1v) is 6.76. The topological polar surface area (TPSA) is 76.3 Å². The molecule has 0 aromatic carbocycles. The average molecular weight is 265 g/mol. The predicted molar refractivity (Wildman–Crippen MR) is 73.2 cm³/mol. The summed E-state index contributed by atoms with van der Waals surface area (Å²) in [5, 5.41) is 0. The van der Waals surface area contributed by atoms with Gasteiger partial charge < -0.3 is 4.74 Å². The molecule has 1 fully saturated rings. The average Bonchev–Trinajstić information content (AvgIpc) is 2.49. The lowest BCUT2D eigenvalue weighted by Gasteiger charge is -2.47. The summed E-state index contributed by atoms with van der Waals surface area (Å²) in [4.78, 5) is 10.6. The lowest BCUT2D eigenvalue weighted by atomic mass is 9.84. The van der Waals surface area contributed by atoms with Crippen molar-refractivity contribution in [2.75, 3.05) is 26.3 Å². The Balaban J connectivity index is 2.26. The largest absolute Gasteiger partial charge is 0.379 e. The Hall–Kier alpha value is -1.08.